The van der Waals surface area contributed by atoms with E-state index in [2.05, 4.69) is 18.8 Å². The number of piperidine rings is 1. The molecule has 2 N–H and O–H groups in total. The van der Waals surface area contributed by atoms with Crippen molar-refractivity contribution in [3.05, 3.63) is 23.2 Å². The number of carbonyl (C=O) groups is 1. The van der Waals surface area contributed by atoms with Crippen molar-refractivity contribution >= 4 is 33.1 Å². The Morgan fingerprint density at radius 3 is 2.75 bits per heavy atom. The molecule has 0 spiro atoms. The first-order valence-electron chi connectivity index (χ1n) is 7.05. The van der Waals surface area contributed by atoms with Crippen LogP contribution in [0.25, 0.3) is 10.2 Å². The fourth-order valence-corrected chi connectivity index (χ4v) is 4.06. The van der Waals surface area contributed by atoms with E-state index in [1.807, 2.05) is 17.0 Å². The van der Waals surface area contributed by atoms with Crippen molar-refractivity contribution in [3.63, 3.8) is 0 Å². The van der Waals surface area contributed by atoms with Crippen LogP contribution in [0, 0.1) is 0 Å². The van der Waals surface area contributed by atoms with Gasteiger partial charge in [-0.1, -0.05) is 0 Å². The Labute approximate surface area is 122 Å². The fraction of sp³-hybridized carbons (Fsp3) is 0.467. The Hall–Kier alpha value is -1.62. The van der Waals surface area contributed by atoms with Gasteiger partial charge in [-0.15, -0.1) is 11.3 Å². The highest BCUT2D eigenvalue weighted by Gasteiger charge is 2.32. The SMILES string of the molecule is C[C@H]1CCC[C@H](C)N1C(=O)c1sc2ncccc2c1N. The quantitative estimate of drug-likeness (QED) is 0.876. The van der Waals surface area contributed by atoms with Gasteiger partial charge in [-0.3, -0.25) is 4.79 Å². The smallest absolute Gasteiger partial charge is 0.266 e. The molecule has 0 bridgehead atoms. The molecule has 1 aliphatic heterocycles. The predicted molar refractivity (Wildman–Crippen MR) is 83.0 cm³/mol. The highest BCUT2D eigenvalue weighted by Crippen LogP contribution is 2.35. The van der Waals surface area contributed by atoms with Crippen LogP contribution in [-0.4, -0.2) is 27.9 Å². The van der Waals surface area contributed by atoms with Gasteiger partial charge in [0, 0.05) is 23.7 Å². The van der Waals surface area contributed by atoms with E-state index in [9.17, 15) is 4.79 Å². The average molecular weight is 289 g/mol. The lowest BCUT2D eigenvalue weighted by molar-refractivity contribution is 0.0517. The van der Waals surface area contributed by atoms with Gasteiger partial charge < -0.3 is 10.6 Å². The number of hydrogen-bond donors (Lipinski definition) is 1. The molecule has 2 atom stereocenters. The number of fused-ring (bicyclic) bond motifs is 1. The van der Waals surface area contributed by atoms with E-state index in [-0.39, 0.29) is 18.0 Å². The molecule has 1 amide bonds. The number of likely N-dealkylation sites (tertiary alicyclic amines) is 1. The van der Waals surface area contributed by atoms with Crippen molar-refractivity contribution in [2.45, 2.75) is 45.2 Å². The van der Waals surface area contributed by atoms with Crippen molar-refractivity contribution in [1.82, 2.24) is 9.88 Å². The molecule has 0 unspecified atom stereocenters. The molecule has 2 aromatic rings. The molecule has 0 radical (unpaired) electrons. The van der Waals surface area contributed by atoms with Gasteiger partial charge in [-0.25, -0.2) is 4.98 Å². The fourth-order valence-electron chi connectivity index (χ4n) is 3.05. The third kappa shape index (κ3) is 2.06. The van der Waals surface area contributed by atoms with E-state index in [4.69, 9.17) is 5.73 Å². The molecule has 3 heterocycles. The van der Waals surface area contributed by atoms with Crippen LogP contribution >= 0.6 is 11.3 Å². The lowest BCUT2D eigenvalue weighted by Gasteiger charge is -2.38. The molecule has 0 aromatic carbocycles. The van der Waals surface area contributed by atoms with Crippen LogP contribution in [0.1, 0.15) is 42.8 Å². The standard InChI is InChI=1S/C15H19N3OS/c1-9-5-3-6-10(2)18(9)15(19)13-12(16)11-7-4-8-17-14(11)20-13/h4,7-10H,3,5-6,16H2,1-2H3/t9-,10-/m0/s1. The molecule has 4 nitrogen and oxygen atoms in total. The first-order chi connectivity index (χ1) is 9.59. The zero-order valence-electron chi connectivity index (χ0n) is 11.8. The zero-order chi connectivity index (χ0) is 14.3. The summed E-state index contributed by atoms with van der Waals surface area (Å²) in [7, 11) is 0. The van der Waals surface area contributed by atoms with Gasteiger partial charge in [-0.2, -0.15) is 0 Å². The van der Waals surface area contributed by atoms with Crippen LogP contribution in [0.4, 0.5) is 5.69 Å². The molecule has 1 aliphatic rings. The Morgan fingerprint density at radius 2 is 2.10 bits per heavy atom. The van der Waals surface area contributed by atoms with E-state index in [1.54, 1.807) is 6.20 Å². The summed E-state index contributed by atoms with van der Waals surface area (Å²) in [5.41, 5.74) is 6.74. The molecular weight excluding hydrogens is 270 g/mol. The number of nitrogens with two attached hydrogens (primary N) is 1. The summed E-state index contributed by atoms with van der Waals surface area (Å²) in [6, 6.07) is 4.34. The van der Waals surface area contributed by atoms with Crippen LogP contribution in [-0.2, 0) is 0 Å². The summed E-state index contributed by atoms with van der Waals surface area (Å²) in [5, 5.41) is 0.887. The van der Waals surface area contributed by atoms with Crippen LogP contribution in [0.2, 0.25) is 0 Å². The van der Waals surface area contributed by atoms with Crippen molar-refractivity contribution in [3.8, 4) is 0 Å². The normalized spacial score (nSPS) is 23.2. The van der Waals surface area contributed by atoms with Crippen LogP contribution in [0.3, 0.4) is 0 Å². The van der Waals surface area contributed by atoms with Gasteiger partial charge in [0.15, 0.2) is 0 Å². The molecule has 3 rings (SSSR count). The summed E-state index contributed by atoms with van der Waals surface area (Å²) in [6.45, 7) is 4.24. The second kappa shape index (κ2) is 5.05. The van der Waals surface area contributed by atoms with E-state index in [0.717, 1.165) is 23.1 Å². The summed E-state index contributed by atoms with van der Waals surface area (Å²) >= 11 is 1.40. The molecule has 0 aliphatic carbocycles. The maximum atomic E-state index is 12.8. The van der Waals surface area contributed by atoms with Crippen LogP contribution in [0.5, 0.6) is 0 Å². The van der Waals surface area contributed by atoms with E-state index >= 15 is 0 Å². The molecule has 0 saturated carbocycles. The summed E-state index contributed by atoms with van der Waals surface area (Å²) < 4.78 is 0. The molecule has 106 valence electrons. The number of nitrogen functional groups attached to an aromatic ring is 1. The minimum absolute atomic E-state index is 0.0604. The summed E-state index contributed by atoms with van der Waals surface area (Å²) in [4.78, 5) is 20.6. The number of aromatic nitrogens is 1. The summed E-state index contributed by atoms with van der Waals surface area (Å²) in [5.74, 6) is 0.0604. The lowest BCUT2D eigenvalue weighted by Crippen LogP contribution is -2.47. The molecule has 5 heteroatoms. The maximum Gasteiger partial charge on any atom is 0.266 e. The van der Waals surface area contributed by atoms with Crippen molar-refractivity contribution in [2.75, 3.05) is 5.73 Å². The Balaban J connectivity index is 2.01. The topological polar surface area (TPSA) is 59.2 Å². The molecule has 20 heavy (non-hydrogen) atoms. The maximum absolute atomic E-state index is 12.8. The van der Waals surface area contributed by atoms with Crippen LogP contribution in [0.15, 0.2) is 18.3 Å². The summed E-state index contributed by atoms with van der Waals surface area (Å²) in [6.07, 6.45) is 5.06. The number of hydrogen-bond acceptors (Lipinski definition) is 4. The largest absolute Gasteiger partial charge is 0.397 e. The number of amides is 1. The van der Waals surface area contributed by atoms with Gasteiger partial charge in [0.05, 0.1) is 5.69 Å². The van der Waals surface area contributed by atoms with Gasteiger partial charge in [0.2, 0.25) is 0 Å². The van der Waals surface area contributed by atoms with Crippen molar-refractivity contribution in [2.24, 2.45) is 0 Å². The number of anilines is 1. The van der Waals surface area contributed by atoms with E-state index in [1.165, 1.54) is 17.8 Å². The Kier molecular flexibility index (Phi) is 3.38. The zero-order valence-corrected chi connectivity index (χ0v) is 12.6. The monoisotopic (exact) mass is 289 g/mol. The Bertz CT molecular complexity index is 642. The van der Waals surface area contributed by atoms with Gasteiger partial charge >= 0.3 is 0 Å². The highest BCUT2D eigenvalue weighted by atomic mass is 32.1. The minimum Gasteiger partial charge on any atom is -0.397 e. The van der Waals surface area contributed by atoms with Gasteiger partial charge in [0.1, 0.15) is 9.71 Å². The number of pyridine rings is 1. The predicted octanol–water partition coefficient (Wildman–Crippen LogP) is 3.28. The van der Waals surface area contributed by atoms with E-state index < -0.39 is 0 Å². The molecular formula is C15H19N3OS. The average Bonchev–Trinajstić information content (AvgIpc) is 2.76. The second-order valence-corrected chi connectivity index (χ2v) is 6.54. The second-order valence-electron chi connectivity index (χ2n) is 5.54. The highest BCUT2D eigenvalue weighted by molar-refractivity contribution is 7.21. The lowest BCUT2D eigenvalue weighted by atomic mass is 9.97. The molecule has 1 saturated heterocycles. The first-order valence-corrected chi connectivity index (χ1v) is 7.87. The molecule has 2 aromatic heterocycles. The van der Waals surface area contributed by atoms with Gasteiger partial charge in [0.25, 0.3) is 5.91 Å². The number of rotatable bonds is 1. The van der Waals surface area contributed by atoms with Crippen LogP contribution < -0.4 is 5.73 Å². The van der Waals surface area contributed by atoms with Gasteiger partial charge in [-0.05, 0) is 45.2 Å². The first kappa shape index (κ1) is 13.4. The van der Waals surface area contributed by atoms with Crippen molar-refractivity contribution in [1.29, 1.82) is 0 Å². The molecule has 1 fully saturated rings. The third-order valence-electron chi connectivity index (χ3n) is 4.13. The Morgan fingerprint density at radius 1 is 1.40 bits per heavy atom. The number of thiophene rings is 1. The number of carbonyl (C=O) groups excluding carboxylic acids is 1. The minimum atomic E-state index is 0.0604. The third-order valence-corrected chi connectivity index (χ3v) is 5.24. The number of nitrogens with zero attached hydrogens (tertiary/aromatic N) is 2. The van der Waals surface area contributed by atoms with Crippen molar-refractivity contribution < 1.29 is 4.79 Å². The van der Waals surface area contributed by atoms with E-state index in [0.29, 0.717) is 10.6 Å².